The third-order valence-electron chi connectivity index (χ3n) is 6.55. The minimum atomic E-state index is -0.438. The fourth-order valence-electron chi connectivity index (χ4n) is 4.52. The molecule has 0 spiro atoms. The number of anilines is 1. The quantitative estimate of drug-likeness (QED) is 0.219. The summed E-state index contributed by atoms with van der Waals surface area (Å²) in [6.07, 6.45) is 2.02. The average Bonchev–Trinajstić information content (AvgIpc) is 3.36. The number of oxime groups is 1. The van der Waals surface area contributed by atoms with E-state index in [1.54, 1.807) is 22.7 Å². The number of hydrogen-bond acceptors (Lipinski definition) is 6. The summed E-state index contributed by atoms with van der Waals surface area (Å²) in [7, 11) is 4.05. The van der Waals surface area contributed by atoms with E-state index in [2.05, 4.69) is 27.6 Å². The Morgan fingerprint density at radius 2 is 1.87 bits per heavy atom. The third-order valence-corrected chi connectivity index (χ3v) is 7.30. The van der Waals surface area contributed by atoms with Gasteiger partial charge in [-0.3, -0.25) is 9.69 Å². The number of hydrogen-bond donors (Lipinski definition) is 0. The number of fused-ring (bicyclic) bond motifs is 2. The van der Waals surface area contributed by atoms with Gasteiger partial charge in [-0.05, 0) is 80.9 Å². The molecule has 1 aliphatic heterocycles. The van der Waals surface area contributed by atoms with E-state index < -0.39 is 5.82 Å². The number of rotatable bonds is 9. The Hall–Kier alpha value is -3.69. The molecule has 0 atom stereocenters. The maximum absolute atomic E-state index is 14.2. The molecule has 0 unspecified atom stereocenters. The molecule has 1 aromatic heterocycles. The maximum atomic E-state index is 14.2. The molecule has 1 aliphatic rings. The Kier molecular flexibility index (Phi) is 7.49. The molecule has 2 heterocycles. The fraction of sp³-hybridized carbons (Fsp3) is 0.276. The van der Waals surface area contributed by atoms with Crippen molar-refractivity contribution in [2.45, 2.75) is 31.5 Å². The van der Waals surface area contributed by atoms with E-state index in [4.69, 9.17) is 9.82 Å². The van der Waals surface area contributed by atoms with Gasteiger partial charge in [0.2, 0.25) is 0 Å². The van der Waals surface area contributed by atoms with Gasteiger partial charge in [-0.25, -0.2) is 9.37 Å². The van der Waals surface area contributed by atoms with Crippen molar-refractivity contribution in [1.29, 1.82) is 0 Å². The average molecular weight is 532 g/mol. The molecule has 9 heteroatoms. The molecule has 0 N–H and O–H groups in total. The molecule has 7 nitrogen and oxygen atoms in total. The molecule has 5 rings (SSSR count). The second-order valence-corrected chi connectivity index (χ2v) is 10.5. The molecule has 0 saturated carbocycles. The molecule has 38 heavy (non-hydrogen) atoms. The topological polar surface area (TPSA) is 63.0 Å². The summed E-state index contributed by atoms with van der Waals surface area (Å²) in [4.78, 5) is 28.9. The summed E-state index contributed by atoms with van der Waals surface area (Å²) in [5.74, 6) is -0.0229. The Morgan fingerprint density at radius 1 is 1.08 bits per heavy atom. The van der Waals surface area contributed by atoms with Crippen molar-refractivity contribution in [2.24, 2.45) is 5.16 Å². The minimum absolute atomic E-state index is 0.0898. The molecule has 0 saturated heterocycles. The summed E-state index contributed by atoms with van der Waals surface area (Å²) in [5.41, 5.74) is 5.07. The second-order valence-electron chi connectivity index (χ2n) is 9.59. The largest absolute Gasteiger partial charge is 0.390 e. The number of amides is 1. The van der Waals surface area contributed by atoms with E-state index in [1.807, 2.05) is 56.7 Å². The monoisotopic (exact) mass is 531 g/mol. The molecule has 0 fully saturated rings. The lowest BCUT2D eigenvalue weighted by Crippen LogP contribution is -2.31. The van der Waals surface area contributed by atoms with Crippen LogP contribution < -0.4 is 4.90 Å². The number of thioether (sulfide) groups is 1. The molecular weight excluding hydrogens is 501 g/mol. The SMILES string of the molecule is CSc1ccc(CO/N=C2/C(=O)N(Cc3nc4ccc(C)cc4n3CCN(C)C)c3ccc(F)cc32)cc1. The Bertz CT molecular complexity index is 1510. The van der Waals surface area contributed by atoms with Gasteiger partial charge in [0.1, 0.15) is 18.2 Å². The first-order valence-electron chi connectivity index (χ1n) is 12.4. The van der Waals surface area contributed by atoms with Crippen LogP contribution >= 0.6 is 11.8 Å². The van der Waals surface area contributed by atoms with Gasteiger partial charge in [0.25, 0.3) is 5.91 Å². The smallest absolute Gasteiger partial charge is 0.281 e. The molecule has 4 aromatic rings. The normalized spacial score (nSPS) is 14.2. The zero-order valence-electron chi connectivity index (χ0n) is 21.9. The zero-order valence-corrected chi connectivity index (χ0v) is 22.8. The third kappa shape index (κ3) is 5.30. The highest BCUT2D eigenvalue weighted by molar-refractivity contribution is 7.98. The van der Waals surface area contributed by atoms with Crippen molar-refractivity contribution in [3.8, 4) is 0 Å². The summed E-state index contributed by atoms with van der Waals surface area (Å²) >= 11 is 1.66. The van der Waals surface area contributed by atoms with Gasteiger partial charge in [0.15, 0.2) is 5.71 Å². The van der Waals surface area contributed by atoms with Crippen molar-refractivity contribution in [3.05, 3.63) is 89.0 Å². The molecule has 1 amide bonds. The molecule has 196 valence electrons. The predicted octanol–water partition coefficient (Wildman–Crippen LogP) is 5.24. The van der Waals surface area contributed by atoms with Crippen molar-refractivity contribution in [1.82, 2.24) is 14.5 Å². The van der Waals surface area contributed by atoms with Crippen LogP contribution in [0.2, 0.25) is 0 Å². The standard InChI is InChI=1S/C29H30FN5O2S/c1-19-5-11-24-26(15-19)34(14-13-33(2)3)27(31-24)17-35-25-12-8-21(30)16-23(25)28(29(35)36)32-37-18-20-6-9-22(38-4)10-7-20/h5-12,15-16H,13-14,17-18H2,1-4H3/b32-28+. The summed E-state index contributed by atoms with van der Waals surface area (Å²) in [5, 5.41) is 4.17. The first kappa shape index (κ1) is 25.9. The van der Waals surface area contributed by atoms with E-state index in [9.17, 15) is 9.18 Å². The van der Waals surface area contributed by atoms with Crippen LogP contribution in [0.3, 0.4) is 0 Å². The molecule has 0 aliphatic carbocycles. The predicted molar refractivity (Wildman–Crippen MR) is 150 cm³/mol. The first-order valence-corrected chi connectivity index (χ1v) is 13.6. The number of carbonyl (C=O) groups excluding carboxylic acids is 1. The van der Waals surface area contributed by atoms with E-state index in [0.717, 1.165) is 46.0 Å². The summed E-state index contributed by atoms with van der Waals surface area (Å²) in [6.45, 7) is 4.03. The van der Waals surface area contributed by atoms with Crippen LogP contribution in [0.25, 0.3) is 11.0 Å². The number of nitrogens with zero attached hydrogens (tertiary/aromatic N) is 5. The van der Waals surface area contributed by atoms with Gasteiger partial charge in [0, 0.05) is 23.5 Å². The summed E-state index contributed by atoms with van der Waals surface area (Å²) in [6, 6.07) is 18.4. The second kappa shape index (κ2) is 11.0. The van der Waals surface area contributed by atoms with Gasteiger partial charge in [0.05, 0.1) is 23.3 Å². The van der Waals surface area contributed by atoms with Gasteiger partial charge in [-0.1, -0.05) is 23.4 Å². The van der Waals surface area contributed by atoms with Gasteiger partial charge in [-0.15, -0.1) is 11.8 Å². The number of imidazole rings is 1. The summed E-state index contributed by atoms with van der Waals surface area (Å²) < 4.78 is 16.4. The maximum Gasteiger partial charge on any atom is 0.281 e. The van der Waals surface area contributed by atoms with Crippen molar-refractivity contribution in [3.63, 3.8) is 0 Å². The van der Waals surface area contributed by atoms with Crippen molar-refractivity contribution in [2.75, 3.05) is 31.8 Å². The van der Waals surface area contributed by atoms with Crippen molar-refractivity contribution < 1.29 is 14.0 Å². The van der Waals surface area contributed by atoms with Crippen LogP contribution in [0.5, 0.6) is 0 Å². The van der Waals surface area contributed by atoms with E-state index in [0.29, 0.717) is 11.3 Å². The first-order chi connectivity index (χ1) is 18.3. The van der Waals surface area contributed by atoms with Crippen LogP contribution in [0, 0.1) is 12.7 Å². The molecular formula is C29H30FN5O2S. The van der Waals surface area contributed by atoms with Gasteiger partial charge in [-0.2, -0.15) is 0 Å². The highest BCUT2D eigenvalue weighted by atomic mass is 32.2. The molecule has 3 aromatic carbocycles. The number of benzene rings is 3. The van der Waals surface area contributed by atoms with Crippen LogP contribution in [0.4, 0.5) is 10.1 Å². The van der Waals surface area contributed by atoms with E-state index in [-0.39, 0.29) is 24.8 Å². The van der Waals surface area contributed by atoms with Crippen LogP contribution in [0.15, 0.2) is 70.7 Å². The van der Waals surface area contributed by atoms with E-state index >= 15 is 0 Å². The minimum Gasteiger partial charge on any atom is -0.390 e. The lowest BCUT2D eigenvalue weighted by molar-refractivity contribution is -0.112. The Labute approximate surface area is 225 Å². The lowest BCUT2D eigenvalue weighted by atomic mass is 10.1. The van der Waals surface area contributed by atoms with Crippen LogP contribution in [-0.2, 0) is 29.3 Å². The number of halogens is 1. The molecule has 0 bridgehead atoms. The van der Waals surface area contributed by atoms with Gasteiger partial charge >= 0.3 is 0 Å². The fourth-order valence-corrected chi connectivity index (χ4v) is 4.93. The highest BCUT2D eigenvalue weighted by Gasteiger charge is 2.36. The van der Waals surface area contributed by atoms with Crippen LogP contribution in [0.1, 0.15) is 22.5 Å². The number of likely N-dealkylation sites (N-methyl/N-ethyl adjacent to an activating group) is 1. The zero-order chi connectivity index (χ0) is 26.8. The lowest BCUT2D eigenvalue weighted by Gasteiger charge is -2.19. The number of aromatic nitrogens is 2. The Balaban J connectivity index is 1.45. The number of carbonyl (C=O) groups is 1. The highest BCUT2D eigenvalue weighted by Crippen LogP contribution is 2.32. The van der Waals surface area contributed by atoms with E-state index in [1.165, 1.54) is 12.1 Å². The van der Waals surface area contributed by atoms with Crippen molar-refractivity contribution >= 4 is 40.1 Å². The molecule has 0 radical (unpaired) electrons. The number of aryl methyl sites for hydroxylation is 1. The Morgan fingerprint density at radius 3 is 2.61 bits per heavy atom. The van der Waals surface area contributed by atoms with Crippen LogP contribution in [-0.4, -0.2) is 53.0 Å². The van der Waals surface area contributed by atoms with Gasteiger partial charge < -0.3 is 14.3 Å².